The fraction of sp³-hybridized carbons (Fsp3) is 0.471. The van der Waals surface area contributed by atoms with Gasteiger partial charge in [0, 0.05) is 18.4 Å². The van der Waals surface area contributed by atoms with Crippen LogP contribution >= 0.6 is 0 Å². The van der Waals surface area contributed by atoms with Crippen LogP contribution in [0.2, 0.25) is 0 Å². The summed E-state index contributed by atoms with van der Waals surface area (Å²) in [6.45, 7) is 0.889. The number of anilines is 1. The average molecular weight is 314 g/mol. The van der Waals surface area contributed by atoms with Gasteiger partial charge in [-0.2, -0.15) is 0 Å². The molecule has 0 aliphatic heterocycles. The number of rotatable bonds is 5. The molecule has 3 N–H and O–H groups in total. The van der Waals surface area contributed by atoms with Crippen LogP contribution in [0.1, 0.15) is 32.1 Å². The Balaban J connectivity index is 1.52. The van der Waals surface area contributed by atoms with Crippen LogP contribution < -0.4 is 10.8 Å². The molecule has 1 fully saturated rings. The summed E-state index contributed by atoms with van der Waals surface area (Å²) in [6, 6.07) is 7.98. The van der Waals surface area contributed by atoms with Crippen molar-refractivity contribution in [1.29, 1.82) is 0 Å². The van der Waals surface area contributed by atoms with Crippen LogP contribution in [0.4, 0.5) is 5.82 Å². The molecule has 1 aromatic heterocycles. The molecule has 1 aliphatic carbocycles. The van der Waals surface area contributed by atoms with E-state index in [0.29, 0.717) is 18.3 Å². The summed E-state index contributed by atoms with van der Waals surface area (Å²) in [5.41, 5.74) is 2.67. The molecule has 0 atom stereocenters. The van der Waals surface area contributed by atoms with Gasteiger partial charge in [-0.05, 0) is 49.7 Å². The lowest BCUT2D eigenvalue weighted by molar-refractivity contribution is -0.130. The molecule has 1 aliphatic rings. The van der Waals surface area contributed by atoms with Gasteiger partial charge in [-0.15, -0.1) is 0 Å². The Hall–Kier alpha value is -2.21. The quantitative estimate of drug-likeness (QED) is 0.583. The molecule has 1 saturated carbocycles. The van der Waals surface area contributed by atoms with Crippen molar-refractivity contribution in [2.45, 2.75) is 32.1 Å². The number of fused-ring (bicyclic) bond motifs is 1. The lowest BCUT2D eigenvalue weighted by atomic mass is 9.80. The highest BCUT2D eigenvalue weighted by atomic mass is 16.5. The van der Waals surface area contributed by atoms with E-state index in [1.807, 2.05) is 24.3 Å². The zero-order valence-corrected chi connectivity index (χ0v) is 13.0. The van der Waals surface area contributed by atoms with Gasteiger partial charge in [0.15, 0.2) is 0 Å². The number of amides is 1. The minimum absolute atomic E-state index is 0.279. The molecule has 0 radical (unpaired) electrons. The molecule has 6 heteroatoms. The molecule has 0 unspecified atom stereocenters. The fourth-order valence-electron chi connectivity index (χ4n) is 3.33. The van der Waals surface area contributed by atoms with Gasteiger partial charge in [0.05, 0.1) is 5.52 Å². The number of para-hydroxylation sites is 1. The van der Waals surface area contributed by atoms with E-state index in [2.05, 4.69) is 15.3 Å². The number of nitrogens with zero attached hydrogens (tertiary/aromatic N) is 2. The topological polar surface area (TPSA) is 87.1 Å². The van der Waals surface area contributed by atoms with Crippen molar-refractivity contribution < 1.29 is 10.0 Å². The zero-order valence-electron chi connectivity index (χ0n) is 13.0. The van der Waals surface area contributed by atoms with Crippen LogP contribution in [-0.4, -0.2) is 27.6 Å². The Kier molecular flexibility index (Phi) is 5.02. The van der Waals surface area contributed by atoms with E-state index in [4.69, 9.17) is 5.21 Å². The smallest absolute Gasteiger partial charge is 0.243 e. The summed E-state index contributed by atoms with van der Waals surface area (Å²) in [7, 11) is 0. The van der Waals surface area contributed by atoms with Gasteiger partial charge < -0.3 is 5.32 Å². The van der Waals surface area contributed by atoms with Crippen molar-refractivity contribution in [3.63, 3.8) is 0 Å². The van der Waals surface area contributed by atoms with E-state index in [1.165, 1.54) is 0 Å². The van der Waals surface area contributed by atoms with E-state index in [1.54, 1.807) is 11.8 Å². The Morgan fingerprint density at radius 2 is 1.87 bits per heavy atom. The average Bonchev–Trinajstić information content (AvgIpc) is 2.61. The fourth-order valence-corrected chi connectivity index (χ4v) is 3.33. The van der Waals surface area contributed by atoms with Gasteiger partial charge in [-0.3, -0.25) is 10.0 Å². The molecule has 3 rings (SSSR count). The third-order valence-electron chi connectivity index (χ3n) is 4.67. The Bertz CT molecular complexity index is 663. The Morgan fingerprint density at radius 3 is 2.65 bits per heavy atom. The third-order valence-corrected chi connectivity index (χ3v) is 4.67. The Labute approximate surface area is 135 Å². The van der Waals surface area contributed by atoms with E-state index < -0.39 is 0 Å². The van der Waals surface area contributed by atoms with Crippen molar-refractivity contribution in [1.82, 2.24) is 15.4 Å². The predicted octanol–water partition coefficient (Wildman–Crippen LogP) is 2.74. The molecule has 23 heavy (non-hydrogen) atoms. The van der Waals surface area contributed by atoms with Crippen molar-refractivity contribution >= 4 is 22.6 Å². The first-order chi connectivity index (χ1) is 11.3. The number of hydrogen-bond acceptors (Lipinski definition) is 5. The maximum Gasteiger partial charge on any atom is 0.243 e. The summed E-state index contributed by atoms with van der Waals surface area (Å²) >= 11 is 0. The minimum atomic E-state index is -0.279. The molecule has 122 valence electrons. The zero-order chi connectivity index (χ0) is 16.1. The summed E-state index contributed by atoms with van der Waals surface area (Å²) < 4.78 is 0. The molecule has 6 nitrogen and oxygen atoms in total. The van der Waals surface area contributed by atoms with Crippen molar-refractivity contribution in [3.8, 4) is 0 Å². The maximum atomic E-state index is 11.2. The van der Waals surface area contributed by atoms with E-state index in [-0.39, 0.29) is 5.91 Å². The molecule has 2 aromatic rings. The summed E-state index contributed by atoms with van der Waals surface area (Å²) in [6.07, 6.45) is 6.27. The lowest BCUT2D eigenvalue weighted by Crippen LogP contribution is -2.26. The number of carbonyl (C=O) groups excluding carboxylic acids is 1. The number of nitrogens with one attached hydrogen (secondary N) is 2. The standard InChI is InChI=1S/C17H22N4O2/c22-16(21-23)9-12-5-7-13(8-6-12)10-18-17-14-3-1-2-4-15(14)19-11-20-17/h1-4,11-13,23H,5-10H2,(H,21,22)(H,18,19,20). The van der Waals surface area contributed by atoms with Crippen LogP contribution in [0.5, 0.6) is 0 Å². The van der Waals surface area contributed by atoms with Gasteiger partial charge >= 0.3 is 0 Å². The summed E-state index contributed by atoms with van der Waals surface area (Å²) in [4.78, 5) is 19.8. The summed E-state index contributed by atoms with van der Waals surface area (Å²) in [5.74, 6) is 1.59. The highest BCUT2D eigenvalue weighted by Gasteiger charge is 2.23. The number of carbonyl (C=O) groups is 1. The van der Waals surface area contributed by atoms with Crippen molar-refractivity contribution in [3.05, 3.63) is 30.6 Å². The van der Waals surface area contributed by atoms with Gasteiger partial charge in [0.1, 0.15) is 12.1 Å². The SMILES string of the molecule is O=C(CC1CCC(CNc2ncnc3ccccc23)CC1)NO. The molecule has 1 heterocycles. The van der Waals surface area contributed by atoms with Crippen LogP contribution in [0.15, 0.2) is 30.6 Å². The van der Waals surface area contributed by atoms with Crippen LogP contribution in [0, 0.1) is 11.8 Å². The molecule has 0 saturated heterocycles. The molecule has 0 bridgehead atoms. The number of benzene rings is 1. The van der Waals surface area contributed by atoms with Gasteiger partial charge in [-0.1, -0.05) is 12.1 Å². The number of aromatic nitrogens is 2. The van der Waals surface area contributed by atoms with E-state index >= 15 is 0 Å². The highest BCUT2D eigenvalue weighted by molar-refractivity contribution is 5.88. The predicted molar refractivity (Wildman–Crippen MR) is 88.0 cm³/mol. The normalized spacial score (nSPS) is 21.1. The third kappa shape index (κ3) is 3.96. The van der Waals surface area contributed by atoms with Gasteiger partial charge in [0.2, 0.25) is 5.91 Å². The highest BCUT2D eigenvalue weighted by Crippen LogP contribution is 2.31. The monoisotopic (exact) mass is 314 g/mol. The number of hydroxylamine groups is 1. The maximum absolute atomic E-state index is 11.2. The van der Waals surface area contributed by atoms with Crippen LogP contribution in [-0.2, 0) is 4.79 Å². The number of hydrogen-bond donors (Lipinski definition) is 3. The van der Waals surface area contributed by atoms with Gasteiger partial charge in [-0.25, -0.2) is 15.4 Å². The summed E-state index contributed by atoms with van der Waals surface area (Å²) in [5, 5.41) is 13.1. The molecular formula is C17H22N4O2. The van der Waals surface area contributed by atoms with Gasteiger partial charge in [0.25, 0.3) is 0 Å². The van der Waals surface area contributed by atoms with E-state index in [0.717, 1.165) is 48.9 Å². The first-order valence-electron chi connectivity index (χ1n) is 8.13. The van der Waals surface area contributed by atoms with Crippen LogP contribution in [0.3, 0.4) is 0 Å². The molecular weight excluding hydrogens is 292 g/mol. The second-order valence-corrected chi connectivity index (χ2v) is 6.25. The molecule has 1 amide bonds. The lowest BCUT2D eigenvalue weighted by Gasteiger charge is -2.28. The van der Waals surface area contributed by atoms with Crippen molar-refractivity contribution in [2.75, 3.05) is 11.9 Å². The first kappa shape index (κ1) is 15.7. The van der Waals surface area contributed by atoms with Crippen LogP contribution in [0.25, 0.3) is 10.9 Å². The Morgan fingerprint density at radius 1 is 1.13 bits per heavy atom. The molecule has 0 spiro atoms. The largest absolute Gasteiger partial charge is 0.369 e. The minimum Gasteiger partial charge on any atom is -0.369 e. The second-order valence-electron chi connectivity index (χ2n) is 6.25. The molecule has 1 aromatic carbocycles. The first-order valence-corrected chi connectivity index (χ1v) is 8.13. The van der Waals surface area contributed by atoms with E-state index in [9.17, 15) is 4.79 Å². The van der Waals surface area contributed by atoms with Crippen molar-refractivity contribution in [2.24, 2.45) is 11.8 Å². The second kappa shape index (κ2) is 7.37.